The number of anilines is 1. The third kappa shape index (κ3) is 6.30. The molecule has 0 saturated carbocycles. The van der Waals surface area contributed by atoms with Crippen LogP contribution in [-0.4, -0.2) is 32.4 Å². The summed E-state index contributed by atoms with van der Waals surface area (Å²) in [7, 11) is -4.04. The van der Waals surface area contributed by atoms with Crippen molar-refractivity contribution in [3.63, 3.8) is 0 Å². The van der Waals surface area contributed by atoms with E-state index in [4.69, 9.17) is 4.74 Å². The fourth-order valence-electron chi connectivity index (χ4n) is 3.00. The van der Waals surface area contributed by atoms with E-state index in [9.17, 15) is 23.3 Å². The van der Waals surface area contributed by atoms with Crippen LogP contribution in [0.2, 0.25) is 0 Å². The Kier molecular flexibility index (Phi) is 7.29. The van der Waals surface area contributed by atoms with Crippen molar-refractivity contribution >= 4 is 27.3 Å². The van der Waals surface area contributed by atoms with Crippen molar-refractivity contribution in [2.24, 2.45) is 0 Å². The number of aryl methyl sites for hydroxylation is 2. The molecule has 0 aromatic heterocycles. The summed E-state index contributed by atoms with van der Waals surface area (Å²) in [6.07, 6.45) is 0. The number of nitrogens with one attached hydrogen (secondary N) is 2. The summed E-state index contributed by atoms with van der Waals surface area (Å²) in [6, 6.07) is 17.1. The van der Waals surface area contributed by atoms with Gasteiger partial charge in [-0.2, -0.15) is 0 Å². The molecule has 0 aliphatic heterocycles. The molecule has 9 nitrogen and oxygen atoms in total. The topological polar surface area (TPSA) is 128 Å². The lowest BCUT2D eigenvalue weighted by Crippen LogP contribution is -2.28. The minimum absolute atomic E-state index is 0.220. The van der Waals surface area contributed by atoms with Crippen molar-refractivity contribution in [2.75, 3.05) is 17.9 Å². The highest BCUT2D eigenvalue weighted by Crippen LogP contribution is 2.24. The summed E-state index contributed by atoms with van der Waals surface area (Å²) in [5.41, 5.74) is 1.72. The number of amides is 1. The van der Waals surface area contributed by atoms with Crippen molar-refractivity contribution in [3.8, 4) is 5.75 Å². The van der Waals surface area contributed by atoms with Gasteiger partial charge in [0, 0.05) is 22.9 Å². The van der Waals surface area contributed by atoms with Crippen LogP contribution in [0, 0.1) is 24.0 Å². The van der Waals surface area contributed by atoms with Crippen molar-refractivity contribution in [2.45, 2.75) is 18.7 Å². The van der Waals surface area contributed by atoms with Crippen LogP contribution in [0.3, 0.4) is 0 Å². The lowest BCUT2D eigenvalue weighted by Gasteiger charge is -2.10. The molecule has 0 bridgehead atoms. The van der Waals surface area contributed by atoms with Gasteiger partial charge in [-0.15, -0.1) is 0 Å². The normalized spacial score (nSPS) is 11.0. The molecule has 10 heteroatoms. The molecule has 0 unspecified atom stereocenters. The highest BCUT2D eigenvalue weighted by atomic mass is 32.2. The predicted octanol–water partition coefficient (Wildman–Crippen LogP) is 3.82. The number of nitro groups is 1. The molecule has 0 aliphatic rings. The van der Waals surface area contributed by atoms with E-state index in [1.165, 1.54) is 43.3 Å². The molecule has 0 aliphatic carbocycles. The molecule has 3 aromatic rings. The molecule has 0 fully saturated rings. The van der Waals surface area contributed by atoms with Crippen molar-refractivity contribution in [1.29, 1.82) is 0 Å². The van der Waals surface area contributed by atoms with Gasteiger partial charge in [-0.25, -0.2) is 8.42 Å². The van der Waals surface area contributed by atoms with E-state index in [1.807, 2.05) is 31.2 Å². The molecule has 2 N–H and O–H groups in total. The molecule has 0 spiro atoms. The van der Waals surface area contributed by atoms with Gasteiger partial charge < -0.3 is 10.1 Å². The fraction of sp³-hybridized carbons (Fsp3) is 0.174. The zero-order valence-electron chi connectivity index (χ0n) is 18.1. The van der Waals surface area contributed by atoms with Gasteiger partial charge in [-0.05, 0) is 61.9 Å². The zero-order valence-corrected chi connectivity index (χ0v) is 18.9. The molecule has 3 aromatic carbocycles. The molecule has 0 heterocycles. The Hall–Kier alpha value is -3.92. The monoisotopic (exact) mass is 469 g/mol. The van der Waals surface area contributed by atoms with E-state index in [-0.39, 0.29) is 22.2 Å². The lowest BCUT2D eigenvalue weighted by atomic mass is 10.2. The van der Waals surface area contributed by atoms with Gasteiger partial charge in [0.2, 0.25) is 0 Å². The largest absolute Gasteiger partial charge is 0.492 e. The van der Waals surface area contributed by atoms with E-state index in [0.29, 0.717) is 24.3 Å². The zero-order chi connectivity index (χ0) is 24.0. The molecule has 3 rings (SSSR count). The third-order valence-electron chi connectivity index (χ3n) is 4.73. The van der Waals surface area contributed by atoms with Crippen LogP contribution in [-0.2, 0) is 10.0 Å². The highest BCUT2D eigenvalue weighted by Gasteiger charge is 2.20. The van der Waals surface area contributed by atoms with Gasteiger partial charge in [0.25, 0.3) is 21.6 Å². The Morgan fingerprint density at radius 3 is 2.42 bits per heavy atom. The minimum Gasteiger partial charge on any atom is -0.492 e. The first-order chi connectivity index (χ1) is 15.7. The number of hydrogen-bond donors (Lipinski definition) is 2. The van der Waals surface area contributed by atoms with Crippen molar-refractivity contribution in [1.82, 2.24) is 5.32 Å². The van der Waals surface area contributed by atoms with Gasteiger partial charge in [-0.1, -0.05) is 18.2 Å². The summed E-state index contributed by atoms with van der Waals surface area (Å²) in [6.45, 7) is 4.09. The maximum Gasteiger partial charge on any atom is 0.273 e. The summed E-state index contributed by atoms with van der Waals surface area (Å²) >= 11 is 0. The van der Waals surface area contributed by atoms with Gasteiger partial charge in [0.05, 0.1) is 16.4 Å². The number of hydrogen-bond acceptors (Lipinski definition) is 6. The van der Waals surface area contributed by atoms with Crippen LogP contribution in [0.25, 0.3) is 0 Å². The first-order valence-electron chi connectivity index (χ1n) is 10.0. The Labute approximate surface area is 191 Å². The molecular weight excluding hydrogens is 446 g/mol. The number of nitrogens with zero attached hydrogens (tertiary/aromatic N) is 1. The number of nitro benzene ring substituents is 1. The van der Waals surface area contributed by atoms with Gasteiger partial charge in [0.1, 0.15) is 12.4 Å². The second-order valence-corrected chi connectivity index (χ2v) is 8.99. The van der Waals surface area contributed by atoms with Crippen LogP contribution in [0.5, 0.6) is 5.75 Å². The van der Waals surface area contributed by atoms with E-state index < -0.39 is 14.9 Å². The van der Waals surface area contributed by atoms with Gasteiger partial charge >= 0.3 is 0 Å². The highest BCUT2D eigenvalue weighted by molar-refractivity contribution is 7.92. The van der Waals surface area contributed by atoms with Crippen LogP contribution in [0.15, 0.2) is 71.6 Å². The summed E-state index contributed by atoms with van der Waals surface area (Å²) in [5, 5.41) is 13.8. The third-order valence-corrected chi connectivity index (χ3v) is 6.11. The predicted molar refractivity (Wildman–Crippen MR) is 124 cm³/mol. The second kappa shape index (κ2) is 10.1. The number of ether oxygens (including phenoxy) is 1. The fourth-order valence-corrected chi connectivity index (χ4v) is 4.08. The van der Waals surface area contributed by atoms with E-state index in [2.05, 4.69) is 10.0 Å². The van der Waals surface area contributed by atoms with Gasteiger partial charge in [0.15, 0.2) is 0 Å². The van der Waals surface area contributed by atoms with Crippen LogP contribution >= 0.6 is 0 Å². The Balaban J connectivity index is 1.57. The van der Waals surface area contributed by atoms with Crippen LogP contribution in [0.4, 0.5) is 11.4 Å². The lowest BCUT2D eigenvalue weighted by molar-refractivity contribution is -0.385. The number of benzene rings is 3. The molecule has 33 heavy (non-hydrogen) atoms. The molecule has 0 atom stereocenters. The number of rotatable bonds is 9. The first-order valence-corrected chi connectivity index (χ1v) is 11.5. The Bertz CT molecular complexity index is 1270. The summed E-state index contributed by atoms with van der Waals surface area (Å²) in [4.78, 5) is 22.5. The average Bonchev–Trinajstić information content (AvgIpc) is 2.77. The van der Waals surface area contributed by atoms with Crippen molar-refractivity contribution < 1.29 is 22.9 Å². The maximum atomic E-state index is 12.6. The second-order valence-electron chi connectivity index (χ2n) is 7.31. The van der Waals surface area contributed by atoms with E-state index >= 15 is 0 Å². The molecular formula is C23H23N3O6S. The number of sulfonamides is 1. The SMILES string of the molecule is Cc1cccc(OCCNC(=O)c2ccc(NS(=O)(=O)c3ccc(C)c([N+](=O)[O-])c3)cc2)c1. The quantitative estimate of drug-likeness (QED) is 0.279. The van der Waals surface area contributed by atoms with Crippen LogP contribution in [0.1, 0.15) is 21.5 Å². The van der Waals surface area contributed by atoms with E-state index in [0.717, 1.165) is 17.4 Å². The minimum atomic E-state index is -4.04. The van der Waals surface area contributed by atoms with Crippen molar-refractivity contribution in [3.05, 3.63) is 93.5 Å². The molecule has 1 amide bonds. The summed E-state index contributed by atoms with van der Waals surface area (Å²) < 4.78 is 33.1. The summed E-state index contributed by atoms with van der Waals surface area (Å²) in [5.74, 6) is 0.395. The van der Waals surface area contributed by atoms with Gasteiger partial charge in [-0.3, -0.25) is 19.6 Å². The molecule has 0 saturated heterocycles. The maximum absolute atomic E-state index is 12.6. The number of carbonyl (C=O) groups excluding carboxylic acids is 1. The molecule has 0 radical (unpaired) electrons. The first kappa shape index (κ1) is 23.7. The van der Waals surface area contributed by atoms with Crippen LogP contribution < -0.4 is 14.8 Å². The number of carbonyl (C=O) groups is 1. The standard InChI is InChI=1S/C23H23N3O6S/c1-16-4-3-5-20(14-16)32-13-12-24-23(27)18-7-9-19(10-8-18)25-33(30,31)21-11-6-17(2)22(15-21)26(28)29/h3-11,14-15,25H,12-13H2,1-2H3,(H,24,27). The Morgan fingerprint density at radius 2 is 1.76 bits per heavy atom. The smallest absolute Gasteiger partial charge is 0.273 e. The average molecular weight is 470 g/mol. The van der Waals surface area contributed by atoms with E-state index in [1.54, 1.807) is 0 Å². The Morgan fingerprint density at radius 1 is 1.03 bits per heavy atom. The molecule has 172 valence electrons.